The van der Waals surface area contributed by atoms with E-state index < -0.39 is 0 Å². The predicted octanol–water partition coefficient (Wildman–Crippen LogP) is 3.16. The number of hydrogen-bond acceptors (Lipinski definition) is 1. The Morgan fingerprint density at radius 1 is 1.50 bits per heavy atom. The molecule has 1 atom stereocenters. The third-order valence-electron chi connectivity index (χ3n) is 2.24. The first-order valence-corrected chi connectivity index (χ1v) is 4.54. The van der Waals surface area contributed by atoms with Gasteiger partial charge in [-0.1, -0.05) is 38.4 Å². The summed E-state index contributed by atoms with van der Waals surface area (Å²) >= 11 is 5.21. The molecule has 0 aliphatic heterocycles. The Morgan fingerprint density at radius 3 is 3.00 bits per heavy atom. The van der Waals surface area contributed by atoms with Gasteiger partial charge < -0.3 is 0 Å². The monoisotopic (exact) mass is 155 g/mol. The Morgan fingerprint density at radius 2 is 2.30 bits per heavy atom. The third kappa shape index (κ3) is 2.37. The van der Waals surface area contributed by atoms with E-state index in [-0.39, 0.29) is 0 Å². The lowest BCUT2D eigenvalue weighted by atomic mass is 9.98. The second kappa shape index (κ2) is 4.07. The van der Waals surface area contributed by atoms with E-state index in [1.165, 1.54) is 37.0 Å². The molecule has 10 heavy (non-hydrogen) atoms. The molecule has 0 aromatic carbocycles. The van der Waals surface area contributed by atoms with Gasteiger partial charge in [0.15, 0.2) is 0 Å². The number of thiocarbonyl (C=S) groups is 1. The van der Waals surface area contributed by atoms with E-state index >= 15 is 0 Å². The standard InChI is InChI=1S/C9H15S/c1-2-8-5-3-4-6-9(10)7-8/h8H,1-7H2. The average Bonchev–Trinajstić information content (AvgIpc) is 2.13. The van der Waals surface area contributed by atoms with Crippen LogP contribution in [0.15, 0.2) is 0 Å². The van der Waals surface area contributed by atoms with Gasteiger partial charge in [0.1, 0.15) is 0 Å². The average molecular weight is 155 g/mol. The van der Waals surface area contributed by atoms with E-state index in [0.29, 0.717) is 0 Å². The summed E-state index contributed by atoms with van der Waals surface area (Å²) in [5, 5.41) is 0. The molecule has 1 unspecified atom stereocenters. The molecular formula is C9H15S. The molecule has 0 spiro atoms. The highest BCUT2D eigenvalue weighted by Crippen LogP contribution is 2.23. The quantitative estimate of drug-likeness (QED) is 0.414. The van der Waals surface area contributed by atoms with Crippen LogP contribution in [0.1, 0.15) is 38.5 Å². The lowest BCUT2D eigenvalue weighted by molar-refractivity contribution is 0.500. The number of hydrogen-bond donors (Lipinski definition) is 0. The van der Waals surface area contributed by atoms with Gasteiger partial charge in [-0.05, 0) is 30.0 Å². The van der Waals surface area contributed by atoms with Crippen molar-refractivity contribution < 1.29 is 0 Å². The summed E-state index contributed by atoms with van der Waals surface area (Å²) in [6.45, 7) is 3.93. The maximum Gasteiger partial charge on any atom is -0.00687 e. The van der Waals surface area contributed by atoms with Crippen molar-refractivity contribution in [3.8, 4) is 0 Å². The highest BCUT2D eigenvalue weighted by Gasteiger charge is 2.12. The second-order valence-electron chi connectivity index (χ2n) is 3.14. The van der Waals surface area contributed by atoms with Crippen LogP contribution < -0.4 is 0 Å². The summed E-state index contributed by atoms with van der Waals surface area (Å²) in [6, 6.07) is 0. The molecule has 0 bridgehead atoms. The molecule has 0 heterocycles. The van der Waals surface area contributed by atoms with Crippen molar-refractivity contribution in [2.24, 2.45) is 5.92 Å². The van der Waals surface area contributed by atoms with Crippen LogP contribution >= 0.6 is 12.2 Å². The summed E-state index contributed by atoms with van der Waals surface area (Å²) in [7, 11) is 0. The van der Waals surface area contributed by atoms with Crippen LogP contribution in [0.3, 0.4) is 0 Å². The number of rotatable bonds is 1. The van der Waals surface area contributed by atoms with E-state index in [1.54, 1.807) is 0 Å². The van der Waals surface area contributed by atoms with Crippen molar-refractivity contribution in [3.63, 3.8) is 0 Å². The van der Waals surface area contributed by atoms with Crippen LogP contribution in [0.2, 0.25) is 0 Å². The zero-order valence-electron chi connectivity index (χ0n) is 6.44. The molecular weight excluding hydrogens is 140 g/mol. The van der Waals surface area contributed by atoms with Crippen LogP contribution in [0.4, 0.5) is 0 Å². The molecule has 57 valence electrons. The van der Waals surface area contributed by atoms with Crippen LogP contribution in [-0.4, -0.2) is 4.86 Å². The molecule has 0 nitrogen and oxygen atoms in total. The molecule has 1 rings (SSSR count). The van der Waals surface area contributed by atoms with Crippen LogP contribution in [-0.2, 0) is 0 Å². The zero-order valence-corrected chi connectivity index (χ0v) is 7.25. The summed E-state index contributed by atoms with van der Waals surface area (Å²) < 4.78 is 0. The Balaban J connectivity index is 2.38. The van der Waals surface area contributed by atoms with Gasteiger partial charge in [0.05, 0.1) is 0 Å². The normalized spacial score (nSPS) is 28.1. The Kier molecular flexibility index (Phi) is 3.33. The van der Waals surface area contributed by atoms with Crippen molar-refractivity contribution >= 4 is 17.1 Å². The van der Waals surface area contributed by atoms with Gasteiger partial charge >= 0.3 is 0 Å². The van der Waals surface area contributed by atoms with Crippen LogP contribution in [0.5, 0.6) is 0 Å². The second-order valence-corrected chi connectivity index (χ2v) is 3.72. The first-order valence-electron chi connectivity index (χ1n) is 4.14. The van der Waals surface area contributed by atoms with Crippen molar-refractivity contribution in [3.05, 3.63) is 6.92 Å². The lowest BCUT2D eigenvalue weighted by Gasteiger charge is -2.09. The summed E-state index contributed by atoms with van der Waals surface area (Å²) in [4.78, 5) is 1.28. The summed E-state index contributed by atoms with van der Waals surface area (Å²) in [6.07, 6.45) is 7.45. The molecule has 0 saturated heterocycles. The molecule has 0 aromatic heterocycles. The maximum atomic E-state index is 5.21. The molecule has 1 aliphatic carbocycles. The van der Waals surface area contributed by atoms with E-state index in [2.05, 4.69) is 6.92 Å². The van der Waals surface area contributed by atoms with E-state index in [1.807, 2.05) is 0 Å². The topological polar surface area (TPSA) is 0 Å². The minimum Gasteiger partial charge on any atom is -0.0897 e. The van der Waals surface area contributed by atoms with Gasteiger partial charge in [-0.2, -0.15) is 0 Å². The molecule has 1 aliphatic rings. The highest BCUT2D eigenvalue weighted by molar-refractivity contribution is 7.80. The molecule has 0 aromatic rings. The van der Waals surface area contributed by atoms with Crippen LogP contribution in [0, 0.1) is 12.8 Å². The summed E-state index contributed by atoms with van der Waals surface area (Å²) in [5.74, 6) is 0.801. The van der Waals surface area contributed by atoms with E-state index in [4.69, 9.17) is 12.2 Å². The van der Waals surface area contributed by atoms with E-state index in [0.717, 1.165) is 12.3 Å². The van der Waals surface area contributed by atoms with Crippen molar-refractivity contribution in [1.82, 2.24) is 0 Å². The van der Waals surface area contributed by atoms with Crippen molar-refractivity contribution in [1.29, 1.82) is 0 Å². The first-order chi connectivity index (χ1) is 4.83. The van der Waals surface area contributed by atoms with Crippen molar-refractivity contribution in [2.75, 3.05) is 0 Å². The summed E-state index contributed by atoms with van der Waals surface area (Å²) in [5.41, 5.74) is 0. The minimum absolute atomic E-state index is 0.801. The Labute approximate surface area is 69.0 Å². The fourth-order valence-electron chi connectivity index (χ4n) is 1.53. The molecule has 0 amide bonds. The molecule has 0 N–H and O–H groups in total. The minimum atomic E-state index is 0.801. The zero-order chi connectivity index (χ0) is 7.40. The predicted molar refractivity (Wildman–Crippen MR) is 49.1 cm³/mol. The Bertz CT molecular complexity index is 118. The van der Waals surface area contributed by atoms with Gasteiger partial charge in [-0.3, -0.25) is 0 Å². The molecule has 1 heteroatoms. The van der Waals surface area contributed by atoms with Gasteiger partial charge in [0.2, 0.25) is 0 Å². The van der Waals surface area contributed by atoms with Crippen LogP contribution in [0.25, 0.3) is 0 Å². The van der Waals surface area contributed by atoms with Gasteiger partial charge in [-0.15, -0.1) is 0 Å². The maximum absolute atomic E-state index is 5.21. The lowest BCUT2D eigenvalue weighted by Crippen LogP contribution is -2.01. The fourth-order valence-corrected chi connectivity index (χ4v) is 1.91. The molecule has 1 radical (unpaired) electrons. The largest absolute Gasteiger partial charge is 0.0897 e. The molecule has 1 fully saturated rings. The van der Waals surface area contributed by atoms with Gasteiger partial charge in [0, 0.05) is 0 Å². The smallest absolute Gasteiger partial charge is 0.00687 e. The Hall–Kier alpha value is 0.0900. The van der Waals surface area contributed by atoms with Gasteiger partial charge in [-0.25, -0.2) is 0 Å². The fraction of sp³-hybridized carbons (Fsp3) is 0.778. The van der Waals surface area contributed by atoms with E-state index in [9.17, 15) is 0 Å². The molecule has 1 saturated carbocycles. The third-order valence-corrected chi connectivity index (χ3v) is 2.61. The van der Waals surface area contributed by atoms with Gasteiger partial charge in [0.25, 0.3) is 0 Å². The van der Waals surface area contributed by atoms with Crippen molar-refractivity contribution in [2.45, 2.75) is 38.5 Å². The first kappa shape index (κ1) is 8.19. The SMILES string of the molecule is [CH2]CC1CCCCC(=S)C1. The highest BCUT2D eigenvalue weighted by atomic mass is 32.1.